The van der Waals surface area contributed by atoms with Crippen molar-refractivity contribution in [2.45, 2.75) is 37.8 Å². The molecule has 1 N–H and O–H groups in total. The lowest BCUT2D eigenvalue weighted by molar-refractivity contribution is -0.384. The SMILES string of the molecule is N#Cc1ccc([N+](=O)[O-])c(NC2CCN(C3CC3)CC2)c1. The Kier molecular flexibility index (Phi) is 3.76. The van der Waals surface area contributed by atoms with Crippen molar-refractivity contribution in [1.82, 2.24) is 4.90 Å². The summed E-state index contributed by atoms with van der Waals surface area (Å²) < 4.78 is 0. The molecule has 0 amide bonds. The van der Waals surface area contributed by atoms with Crippen molar-refractivity contribution < 1.29 is 4.92 Å². The molecule has 6 heteroatoms. The summed E-state index contributed by atoms with van der Waals surface area (Å²) in [7, 11) is 0. The van der Waals surface area contributed by atoms with Crippen LogP contribution in [0, 0.1) is 21.4 Å². The number of hydrogen-bond acceptors (Lipinski definition) is 5. The summed E-state index contributed by atoms with van der Waals surface area (Å²) in [5.41, 5.74) is 0.945. The molecule has 0 radical (unpaired) electrons. The summed E-state index contributed by atoms with van der Waals surface area (Å²) in [5, 5.41) is 23.3. The highest BCUT2D eigenvalue weighted by molar-refractivity contribution is 5.64. The van der Waals surface area contributed by atoms with Gasteiger partial charge >= 0.3 is 0 Å². The van der Waals surface area contributed by atoms with Gasteiger partial charge in [0.2, 0.25) is 0 Å². The number of hydrogen-bond donors (Lipinski definition) is 1. The average molecular weight is 286 g/mol. The van der Waals surface area contributed by atoms with Crippen LogP contribution in [-0.4, -0.2) is 35.0 Å². The molecule has 1 aliphatic carbocycles. The second kappa shape index (κ2) is 5.70. The van der Waals surface area contributed by atoms with E-state index in [0.717, 1.165) is 32.0 Å². The minimum Gasteiger partial charge on any atom is -0.377 e. The molecule has 6 nitrogen and oxygen atoms in total. The molecule has 110 valence electrons. The third kappa shape index (κ3) is 3.14. The number of benzene rings is 1. The van der Waals surface area contributed by atoms with Crippen LogP contribution in [-0.2, 0) is 0 Å². The first-order chi connectivity index (χ1) is 10.2. The first kappa shape index (κ1) is 13.8. The maximum atomic E-state index is 11.1. The van der Waals surface area contributed by atoms with Crippen molar-refractivity contribution in [3.63, 3.8) is 0 Å². The van der Waals surface area contributed by atoms with Gasteiger partial charge in [0.15, 0.2) is 0 Å². The molecule has 1 heterocycles. The van der Waals surface area contributed by atoms with Gasteiger partial charge in [0.05, 0.1) is 16.6 Å². The molecule has 0 spiro atoms. The van der Waals surface area contributed by atoms with Crippen LogP contribution in [0.1, 0.15) is 31.2 Å². The van der Waals surface area contributed by atoms with Crippen molar-refractivity contribution in [2.24, 2.45) is 0 Å². The zero-order chi connectivity index (χ0) is 14.8. The van der Waals surface area contributed by atoms with Gasteiger partial charge in [-0.15, -0.1) is 0 Å². The molecule has 1 saturated carbocycles. The van der Waals surface area contributed by atoms with E-state index in [0.29, 0.717) is 11.3 Å². The molecule has 0 bridgehead atoms. The van der Waals surface area contributed by atoms with Gasteiger partial charge < -0.3 is 10.2 Å². The largest absolute Gasteiger partial charge is 0.377 e. The Morgan fingerprint density at radius 3 is 2.57 bits per heavy atom. The summed E-state index contributed by atoms with van der Waals surface area (Å²) in [6.45, 7) is 2.10. The van der Waals surface area contributed by atoms with E-state index < -0.39 is 4.92 Å². The molecule has 2 aliphatic rings. The molecule has 0 aromatic heterocycles. The standard InChI is InChI=1S/C15H18N4O2/c16-10-11-1-4-15(19(20)21)14(9-11)17-12-5-7-18(8-6-12)13-2-3-13/h1,4,9,12-13,17H,2-3,5-8H2. The number of nitrogens with zero attached hydrogens (tertiary/aromatic N) is 3. The normalized spacial score (nSPS) is 20.0. The first-order valence-corrected chi connectivity index (χ1v) is 7.36. The van der Waals surface area contributed by atoms with E-state index in [4.69, 9.17) is 5.26 Å². The average Bonchev–Trinajstić information content (AvgIpc) is 3.32. The summed E-state index contributed by atoms with van der Waals surface area (Å²) >= 11 is 0. The Bertz CT molecular complexity index is 584. The fourth-order valence-electron chi connectivity index (χ4n) is 2.95. The maximum absolute atomic E-state index is 11.1. The van der Waals surface area contributed by atoms with Gasteiger partial charge in [-0.05, 0) is 37.8 Å². The number of nitro benzene ring substituents is 1. The number of likely N-dealkylation sites (tertiary alicyclic amines) is 1. The molecule has 0 unspecified atom stereocenters. The van der Waals surface area contributed by atoms with Crippen LogP contribution in [0.15, 0.2) is 18.2 Å². The Morgan fingerprint density at radius 1 is 1.29 bits per heavy atom. The second-order valence-corrected chi connectivity index (χ2v) is 5.79. The molecular formula is C15H18N4O2. The molecular weight excluding hydrogens is 268 g/mol. The summed E-state index contributed by atoms with van der Waals surface area (Å²) in [6, 6.07) is 7.52. The molecule has 21 heavy (non-hydrogen) atoms. The van der Waals surface area contributed by atoms with E-state index in [1.54, 1.807) is 6.07 Å². The zero-order valence-corrected chi connectivity index (χ0v) is 11.8. The van der Waals surface area contributed by atoms with Crippen LogP contribution in [0.2, 0.25) is 0 Å². The van der Waals surface area contributed by atoms with Gasteiger partial charge in [0.1, 0.15) is 5.69 Å². The smallest absolute Gasteiger partial charge is 0.292 e. The van der Waals surface area contributed by atoms with Crippen LogP contribution in [0.5, 0.6) is 0 Å². The number of nitriles is 1. The lowest BCUT2D eigenvalue weighted by Crippen LogP contribution is -2.40. The molecule has 1 aliphatic heterocycles. The topological polar surface area (TPSA) is 82.2 Å². The molecule has 0 atom stereocenters. The van der Waals surface area contributed by atoms with E-state index in [9.17, 15) is 10.1 Å². The van der Waals surface area contributed by atoms with Crippen molar-refractivity contribution in [1.29, 1.82) is 5.26 Å². The van der Waals surface area contributed by atoms with E-state index in [-0.39, 0.29) is 11.7 Å². The predicted octanol–water partition coefficient (Wildman–Crippen LogP) is 2.51. The van der Waals surface area contributed by atoms with E-state index in [1.165, 1.54) is 25.0 Å². The van der Waals surface area contributed by atoms with Crippen molar-refractivity contribution in [3.05, 3.63) is 33.9 Å². The highest BCUT2D eigenvalue weighted by atomic mass is 16.6. The van der Waals surface area contributed by atoms with Crippen LogP contribution < -0.4 is 5.32 Å². The quantitative estimate of drug-likeness (QED) is 0.679. The minimum absolute atomic E-state index is 0.0404. The molecule has 1 aromatic carbocycles. The summed E-state index contributed by atoms with van der Waals surface area (Å²) in [5.74, 6) is 0. The van der Waals surface area contributed by atoms with Gasteiger partial charge in [-0.25, -0.2) is 0 Å². The Hall–Kier alpha value is -2.13. The third-order valence-electron chi connectivity index (χ3n) is 4.27. The molecule has 1 saturated heterocycles. The maximum Gasteiger partial charge on any atom is 0.292 e. The lowest BCUT2D eigenvalue weighted by Gasteiger charge is -2.32. The lowest BCUT2D eigenvalue weighted by atomic mass is 10.0. The van der Waals surface area contributed by atoms with Gasteiger partial charge in [-0.2, -0.15) is 5.26 Å². The fraction of sp³-hybridized carbons (Fsp3) is 0.533. The predicted molar refractivity (Wildman–Crippen MR) is 79.1 cm³/mol. The Balaban J connectivity index is 1.69. The fourth-order valence-corrected chi connectivity index (χ4v) is 2.95. The Morgan fingerprint density at radius 2 is 2.00 bits per heavy atom. The number of nitrogens with one attached hydrogen (secondary N) is 1. The highest BCUT2D eigenvalue weighted by Crippen LogP contribution is 2.31. The van der Waals surface area contributed by atoms with Crippen molar-refractivity contribution >= 4 is 11.4 Å². The van der Waals surface area contributed by atoms with Crippen molar-refractivity contribution in [2.75, 3.05) is 18.4 Å². The molecule has 1 aromatic rings. The Labute approximate surface area is 123 Å². The first-order valence-electron chi connectivity index (χ1n) is 7.36. The van der Waals surface area contributed by atoms with Crippen molar-refractivity contribution in [3.8, 4) is 6.07 Å². The second-order valence-electron chi connectivity index (χ2n) is 5.79. The van der Waals surface area contributed by atoms with E-state index in [1.807, 2.05) is 6.07 Å². The molecule has 3 rings (SSSR count). The van der Waals surface area contributed by atoms with Crippen LogP contribution in [0.25, 0.3) is 0 Å². The van der Waals surface area contributed by atoms with E-state index in [2.05, 4.69) is 10.2 Å². The van der Waals surface area contributed by atoms with Gasteiger partial charge in [0.25, 0.3) is 5.69 Å². The zero-order valence-electron chi connectivity index (χ0n) is 11.8. The number of rotatable bonds is 4. The van der Waals surface area contributed by atoms with Gasteiger partial charge in [-0.1, -0.05) is 0 Å². The molecule has 2 fully saturated rings. The minimum atomic E-state index is -0.400. The number of anilines is 1. The monoisotopic (exact) mass is 286 g/mol. The van der Waals surface area contributed by atoms with Crippen LogP contribution in [0.4, 0.5) is 11.4 Å². The van der Waals surface area contributed by atoms with Crippen LogP contribution in [0.3, 0.4) is 0 Å². The highest BCUT2D eigenvalue weighted by Gasteiger charge is 2.32. The van der Waals surface area contributed by atoms with Gasteiger partial charge in [-0.3, -0.25) is 10.1 Å². The van der Waals surface area contributed by atoms with E-state index >= 15 is 0 Å². The third-order valence-corrected chi connectivity index (χ3v) is 4.27. The summed E-state index contributed by atoms with van der Waals surface area (Å²) in [4.78, 5) is 13.2. The number of nitro groups is 1. The van der Waals surface area contributed by atoms with Crippen LogP contribution >= 0.6 is 0 Å². The number of piperidine rings is 1. The summed E-state index contributed by atoms with van der Waals surface area (Å²) in [6.07, 6.45) is 4.61. The van der Waals surface area contributed by atoms with Gasteiger partial charge in [0, 0.05) is 31.2 Å².